The fourth-order valence-electron chi connectivity index (χ4n) is 3.13. The Balaban J connectivity index is 1.71. The smallest absolute Gasteiger partial charge is 0.223 e. The molecule has 0 aromatic heterocycles. The topological polar surface area (TPSA) is 32.3 Å². The molecule has 3 rings (SSSR count). The van der Waals surface area contributed by atoms with Crippen molar-refractivity contribution in [2.24, 2.45) is 0 Å². The van der Waals surface area contributed by atoms with E-state index in [0.717, 1.165) is 23.8 Å². The molecule has 6 heteroatoms. The van der Waals surface area contributed by atoms with Crippen molar-refractivity contribution in [1.29, 1.82) is 0 Å². The molecule has 132 valence electrons. The van der Waals surface area contributed by atoms with E-state index >= 15 is 0 Å². The lowest BCUT2D eigenvalue weighted by Gasteiger charge is -2.36. The third kappa shape index (κ3) is 4.35. The zero-order valence-electron chi connectivity index (χ0n) is 13.6. The third-order valence-electron chi connectivity index (χ3n) is 4.41. The molecule has 0 radical (unpaired) electrons. The van der Waals surface area contributed by atoms with Gasteiger partial charge in [0.05, 0.1) is 6.04 Å². The van der Waals surface area contributed by atoms with E-state index in [9.17, 15) is 13.6 Å². The van der Waals surface area contributed by atoms with Crippen LogP contribution >= 0.6 is 11.6 Å². The van der Waals surface area contributed by atoms with Crippen LogP contribution in [0.2, 0.25) is 5.02 Å². The minimum Gasteiger partial charge on any atom is -0.333 e. The molecule has 1 aliphatic rings. The molecular formula is C19H19ClF2N2O. The summed E-state index contributed by atoms with van der Waals surface area (Å²) in [6, 6.07) is 10.6. The number of carbonyl (C=O) groups is 1. The number of amides is 1. The SMILES string of the molecule is O=C(CCc1cc(F)ccc1F)N1CCNCC1c1cccc(Cl)c1. The fraction of sp³-hybridized carbons (Fsp3) is 0.316. The number of nitrogens with one attached hydrogen (secondary N) is 1. The summed E-state index contributed by atoms with van der Waals surface area (Å²) in [5.74, 6) is -1.06. The van der Waals surface area contributed by atoms with Crippen LogP contribution in [0.4, 0.5) is 8.78 Å². The van der Waals surface area contributed by atoms with E-state index in [1.54, 1.807) is 11.0 Å². The van der Waals surface area contributed by atoms with Crippen molar-refractivity contribution in [3.8, 4) is 0 Å². The highest BCUT2D eigenvalue weighted by molar-refractivity contribution is 6.30. The molecule has 0 aliphatic carbocycles. The van der Waals surface area contributed by atoms with Crippen LogP contribution in [0.15, 0.2) is 42.5 Å². The highest BCUT2D eigenvalue weighted by Gasteiger charge is 2.27. The van der Waals surface area contributed by atoms with Crippen LogP contribution in [0.25, 0.3) is 0 Å². The standard InChI is InChI=1S/C19H19ClF2N2O/c20-15-3-1-2-14(10-15)18-12-23-8-9-24(18)19(25)7-4-13-11-16(21)5-6-17(13)22/h1-3,5-6,10-11,18,23H,4,7-9,12H2. The van der Waals surface area contributed by atoms with Gasteiger partial charge in [0.15, 0.2) is 0 Å². The Morgan fingerprint density at radius 3 is 2.88 bits per heavy atom. The molecule has 1 amide bonds. The summed E-state index contributed by atoms with van der Waals surface area (Å²) < 4.78 is 27.0. The second-order valence-corrected chi connectivity index (χ2v) is 6.53. The van der Waals surface area contributed by atoms with Crippen molar-refractivity contribution in [2.45, 2.75) is 18.9 Å². The van der Waals surface area contributed by atoms with Crippen LogP contribution in [0.3, 0.4) is 0 Å². The Morgan fingerprint density at radius 2 is 2.08 bits per heavy atom. The minimum absolute atomic E-state index is 0.0739. The molecule has 1 fully saturated rings. The Morgan fingerprint density at radius 1 is 1.24 bits per heavy atom. The molecule has 1 atom stereocenters. The van der Waals surface area contributed by atoms with E-state index in [1.807, 2.05) is 18.2 Å². The monoisotopic (exact) mass is 364 g/mol. The molecule has 1 aliphatic heterocycles. The molecule has 2 aromatic rings. The van der Waals surface area contributed by atoms with Gasteiger partial charge < -0.3 is 10.2 Å². The van der Waals surface area contributed by atoms with Gasteiger partial charge in [-0.2, -0.15) is 0 Å². The maximum atomic E-state index is 13.7. The molecule has 3 nitrogen and oxygen atoms in total. The van der Waals surface area contributed by atoms with Gasteiger partial charge in [0.2, 0.25) is 5.91 Å². The van der Waals surface area contributed by atoms with Gasteiger partial charge in [-0.3, -0.25) is 4.79 Å². The summed E-state index contributed by atoms with van der Waals surface area (Å²) in [4.78, 5) is 14.5. The summed E-state index contributed by atoms with van der Waals surface area (Å²) in [5, 5.41) is 3.90. The zero-order valence-corrected chi connectivity index (χ0v) is 14.4. The molecule has 0 bridgehead atoms. The third-order valence-corrected chi connectivity index (χ3v) is 4.65. The molecule has 1 unspecified atom stereocenters. The number of halogens is 3. The van der Waals surface area contributed by atoms with Gasteiger partial charge in [-0.15, -0.1) is 0 Å². The highest BCUT2D eigenvalue weighted by Crippen LogP contribution is 2.25. The van der Waals surface area contributed by atoms with Gasteiger partial charge >= 0.3 is 0 Å². The number of aryl methyl sites for hydroxylation is 1. The van der Waals surface area contributed by atoms with E-state index in [4.69, 9.17) is 11.6 Å². The highest BCUT2D eigenvalue weighted by atomic mass is 35.5. The lowest BCUT2D eigenvalue weighted by Crippen LogP contribution is -2.48. The van der Waals surface area contributed by atoms with Crippen molar-refractivity contribution in [3.63, 3.8) is 0 Å². The van der Waals surface area contributed by atoms with Crippen LogP contribution in [-0.4, -0.2) is 30.4 Å². The molecule has 0 spiro atoms. The quantitative estimate of drug-likeness (QED) is 0.896. The molecule has 0 saturated carbocycles. The average molecular weight is 365 g/mol. The predicted molar refractivity (Wildman–Crippen MR) is 93.5 cm³/mol. The lowest BCUT2D eigenvalue weighted by molar-refractivity contribution is -0.134. The summed E-state index contributed by atoms with van der Waals surface area (Å²) in [6.45, 7) is 1.92. The van der Waals surface area contributed by atoms with Crippen molar-refractivity contribution in [1.82, 2.24) is 10.2 Å². The van der Waals surface area contributed by atoms with E-state index in [-0.39, 0.29) is 30.4 Å². The molecule has 1 saturated heterocycles. The number of rotatable bonds is 4. The molecule has 25 heavy (non-hydrogen) atoms. The van der Waals surface area contributed by atoms with Crippen molar-refractivity contribution < 1.29 is 13.6 Å². The van der Waals surface area contributed by atoms with Crippen LogP contribution in [0.1, 0.15) is 23.6 Å². The minimum atomic E-state index is -0.497. The van der Waals surface area contributed by atoms with Crippen molar-refractivity contribution >= 4 is 17.5 Å². The van der Waals surface area contributed by atoms with Crippen LogP contribution < -0.4 is 5.32 Å². The summed E-state index contributed by atoms with van der Waals surface area (Å²) in [5.41, 5.74) is 1.19. The molecule has 1 heterocycles. The first-order valence-electron chi connectivity index (χ1n) is 8.24. The first-order valence-corrected chi connectivity index (χ1v) is 8.62. The number of nitrogens with zero attached hydrogens (tertiary/aromatic N) is 1. The first-order chi connectivity index (χ1) is 12.0. The Hall–Kier alpha value is -1.98. The predicted octanol–water partition coefficient (Wildman–Crippen LogP) is 3.72. The second kappa shape index (κ2) is 7.93. The zero-order chi connectivity index (χ0) is 17.8. The number of piperazine rings is 1. The number of carbonyl (C=O) groups excluding carboxylic acids is 1. The number of hydrogen-bond acceptors (Lipinski definition) is 2. The average Bonchev–Trinajstić information content (AvgIpc) is 2.62. The molecule has 2 aromatic carbocycles. The van der Waals surface area contributed by atoms with E-state index in [2.05, 4.69) is 5.32 Å². The van der Waals surface area contributed by atoms with Crippen LogP contribution in [0, 0.1) is 11.6 Å². The summed E-state index contributed by atoms with van der Waals surface area (Å²) in [7, 11) is 0. The maximum absolute atomic E-state index is 13.7. The first kappa shape index (κ1) is 17.8. The van der Waals surface area contributed by atoms with Crippen molar-refractivity contribution in [2.75, 3.05) is 19.6 Å². The van der Waals surface area contributed by atoms with Gasteiger partial charge in [0.1, 0.15) is 11.6 Å². The van der Waals surface area contributed by atoms with Gasteiger partial charge in [0.25, 0.3) is 0 Å². The van der Waals surface area contributed by atoms with Crippen LogP contribution in [-0.2, 0) is 11.2 Å². The second-order valence-electron chi connectivity index (χ2n) is 6.10. The maximum Gasteiger partial charge on any atom is 0.223 e. The lowest BCUT2D eigenvalue weighted by atomic mass is 10.0. The molecule has 1 N–H and O–H groups in total. The van der Waals surface area contributed by atoms with E-state index in [1.165, 1.54) is 0 Å². The van der Waals surface area contributed by atoms with Gasteiger partial charge in [0, 0.05) is 31.1 Å². The van der Waals surface area contributed by atoms with Crippen molar-refractivity contribution in [3.05, 3.63) is 70.2 Å². The van der Waals surface area contributed by atoms with Gasteiger partial charge in [-0.05, 0) is 47.9 Å². The summed E-state index contributed by atoms with van der Waals surface area (Å²) >= 11 is 6.06. The number of hydrogen-bond donors (Lipinski definition) is 1. The molecular weight excluding hydrogens is 346 g/mol. The normalized spacial score (nSPS) is 17.6. The Kier molecular flexibility index (Phi) is 5.66. The van der Waals surface area contributed by atoms with Gasteiger partial charge in [-0.1, -0.05) is 23.7 Å². The largest absolute Gasteiger partial charge is 0.333 e. The fourth-order valence-corrected chi connectivity index (χ4v) is 3.33. The Bertz CT molecular complexity index is 769. The summed E-state index contributed by atoms with van der Waals surface area (Å²) in [6.07, 6.45) is 0.312. The van der Waals surface area contributed by atoms with Gasteiger partial charge in [-0.25, -0.2) is 8.78 Å². The number of benzene rings is 2. The van der Waals surface area contributed by atoms with E-state index < -0.39 is 11.6 Å². The Labute approximate surface area is 150 Å². The van der Waals surface area contributed by atoms with Crippen LogP contribution in [0.5, 0.6) is 0 Å². The van der Waals surface area contributed by atoms with E-state index in [0.29, 0.717) is 24.7 Å².